The summed E-state index contributed by atoms with van der Waals surface area (Å²) >= 11 is 0. The SMILES string of the molecule is CNc1cc(C)ccc1C(=O)NCC1CCOC1. The van der Waals surface area contributed by atoms with E-state index in [9.17, 15) is 4.79 Å². The first-order chi connectivity index (χ1) is 8.70. The molecule has 0 aliphatic carbocycles. The number of carbonyl (C=O) groups is 1. The Labute approximate surface area is 108 Å². The van der Waals surface area contributed by atoms with Crippen LogP contribution in [0.5, 0.6) is 0 Å². The summed E-state index contributed by atoms with van der Waals surface area (Å²) in [4.78, 5) is 12.1. The molecule has 0 radical (unpaired) electrons. The standard InChI is InChI=1S/C14H20N2O2/c1-10-3-4-12(13(7-10)15-2)14(17)16-8-11-5-6-18-9-11/h3-4,7,11,15H,5-6,8-9H2,1-2H3,(H,16,17). The van der Waals surface area contributed by atoms with E-state index in [1.54, 1.807) is 0 Å². The zero-order chi connectivity index (χ0) is 13.0. The molecule has 0 saturated carbocycles. The molecule has 1 aliphatic heterocycles. The zero-order valence-corrected chi connectivity index (χ0v) is 11.0. The highest BCUT2D eigenvalue weighted by Crippen LogP contribution is 2.17. The molecule has 1 aromatic carbocycles. The van der Waals surface area contributed by atoms with Crippen molar-refractivity contribution in [3.8, 4) is 0 Å². The Hall–Kier alpha value is -1.55. The van der Waals surface area contributed by atoms with E-state index in [2.05, 4.69) is 10.6 Å². The fraction of sp³-hybridized carbons (Fsp3) is 0.500. The van der Waals surface area contributed by atoms with E-state index in [1.807, 2.05) is 32.2 Å². The lowest BCUT2D eigenvalue weighted by Gasteiger charge is -2.12. The molecule has 0 spiro atoms. The number of rotatable bonds is 4. The highest BCUT2D eigenvalue weighted by Gasteiger charge is 2.17. The lowest BCUT2D eigenvalue weighted by molar-refractivity contribution is 0.0946. The van der Waals surface area contributed by atoms with Gasteiger partial charge in [0.25, 0.3) is 5.91 Å². The van der Waals surface area contributed by atoms with E-state index in [0.29, 0.717) is 18.0 Å². The lowest BCUT2D eigenvalue weighted by Crippen LogP contribution is -2.30. The maximum absolute atomic E-state index is 12.1. The topological polar surface area (TPSA) is 50.4 Å². The molecule has 1 aromatic rings. The van der Waals surface area contributed by atoms with Gasteiger partial charge in [-0.3, -0.25) is 4.79 Å². The number of aryl methyl sites for hydroxylation is 1. The monoisotopic (exact) mass is 248 g/mol. The van der Waals surface area contributed by atoms with Crippen LogP contribution < -0.4 is 10.6 Å². The van der Waals surface area contributed by atoms with E-state index in [-0.39, 0.29) is 5.91 Å². The third-order valence-electron chi connectivity index (χ3n) is 3.26. The van der Waals surface area contributed by atoms with Gasteiger partial charge < -0.3 is 15.4 Å². The van der Waals surface area contributed by atoms with Gasteiger partial charge in [-0.25, -0.2) is 0 Å². The molecule has 4 nitrogen and oxygen atoms in total. The molecule has 4 heteroatoms. The average Bonchev–Trinajstić information content (AvgIpc) is 2.88. The largest absolute Gasteiger partial charge is 0.387 e. The number of amides is 1. The van der Waals surface area contributed by atoms with E-state index >= 15 is 0 Å². The maximum atomic E-state index is 12.1. The van der Waals surface area contributed by atoms with Crippen molar-refractivity contribution in [2.45, 2.75) is 13.3 Å². The molecule has 1 amide bonds. The second kappa shape index (κ2) is 5.87. The second-order valence-corrected chi connectivity index (χ2v) is 4.74. The van der Waals surface area contributed by atoms with Gasteiger partial charge >= 0.3 is 0 Å². The lowest BCUT2D eigenvalue weighted by atomic mass is 10.1. The molecule has 0 bridgehead atoms. The maximum Gasteiger partial charge on any atom is 0.253 e. The molecule has 18 heavy (non-hydrogen) atoms. The minimum Gasteiger partial charge on any atom is -0.387 e. The number of ether oxygens (including phenoxy) is 1. The van der Waals surface area contributed by atoms with E-state index in [1.165, 1.54) is 0 Å². The fourth-order valence-electron chi connectivity index (χ4n) is 2.14. The summed E-state index contributed by atoms with van der Waals surface area (Å²) in [6, 6.07) is 5.80. The highest BCUT2D eigenvalue weighted by molar-refractivity contribution is 5.99. The van der Waals surface area contributed by atoms with Crippen LogP contribution in [0.25, 0.3) is 0 Å². The van der Waals surface area contributed by atoms with Gasteiger partial charge in [0.2, 0.25) is 0 Å². The Kier molecular flexibility index (Phi) is 4.20. The van der Waals surface area contributed by atoms with Crippen molar-refractivity contribution in [3.63, 3.8) is 0 Å². The van der Waals surface area contributed by atoms with Crippen LogP contribution in [0.4, 0.5) is 5.69 Å². The smallest absolute Gasteiger partial charge is 0.253 e. The Bertz CT molecular complexity index is 426. The molecule has 1 aliphatic rings. The first kappa shape index (κ1) is 12.9. The number of anilines is 1. The van der Waals surface area contributed by atoms with E-state index in [0.717, 1.165) is 30.9 Å². The van der Waals surface area contributed by atoms with Crippen molar-refractivity contribution in [2.75, 3.05) is 32.1 Å². The van der Waals surface area contributed by atoms with E-state index in [4.69, 9.17) is 4.74 Å². The molecule has 98 valence electrons. The van der Waals surface area contributed by atoms with Crippen LogP contribution in [0.3, 0.4) is 0 Å². The van der Waals surface area contributed by atoms with Gasteiger partial charge in [0.05, 0.1) is 12.2 Å². The van der Waals surface area contributed by atoms with Crippen LogP contribution in [-0.2, 0) is 4.74 Å². The Morgan fingerprint density at radius 2 is 2.33 bits per heavy atom. The summed E-state index contributed by atoms with van der Waals surface area (Å²) in [5, 5.41) is 6.04. The Morgan fingerprint density at radius 1 is 1.50 bits per heavy atom. The van der Waals surface area contributed by atoms with Crippen LogP contribution in [0.15, 0.2) is 18.2 Å². The van der Waals surface area contributed by atoms with Crippen molar-refractivity contribution < 1.29 is 9.53 Å². The molecule has 1 fully saturated rings. The third-order valence-corrected chi connectivity index (χ3v) is 3.26. The normalized spacial score (nSPS) is 18.7. The molecule has 1 unspecified atom stereocenters. The van der Waals surface area contributed by atoms with Crippen LogP contribution in [-0.4, -0.2) is 32.7 Å². The number of hydrogen-bond donors (Lipinski definition) is 2. The minimum absolute atomic E-state index is 0.0220. The van der Waals surface area contributed by atoms with Crippen molar-refractivity contribution >= 4 is 11.6 Å². The molecule has 1 saturated heterocycles. The third kappa shape index (κ3) is 3.01. The minimum atomic E-state index is -0.0220. The first-order valence-corrected chi connectivity index (χ1v) is 6.35. The summed E-state index contributed by atoms with van der Waals surface area (Å²) in [6.45, 7) is 4.27. The average molecular weight is 248 g/mol. The summed E-state index contributed by atoms with van der Waals surface area (Å²) in [7, 11) is 1.83. The number of benzene rings is 1. The Balaban J connectivity index is 1.99. The van der Waals surface area contributed by atoms with Crippen LogP contribution in [0.2, 0.25) is 0 Å². The molecule has 0 aromatic heterocycles. The second-order valence-electron chi connectivity index (χ2n) is 4.74. The zero-order valence-electron chi connectivity index (χ0n) is 11.0. The molecule has 1 heterocycles. The summed E-state index contributed by atoms with van der Waals surface area (Å²) in [5.41, 5.74) is 2.71. The Morgan fingerprint density at radius 3 is 3.00 bits per heavy atom. The van der Waals surface area contributed by atoms with E-state index < -0.39 is 0 Å². The van der Waals surface area contributed by atoms with Crippen LogP contribution in [0.1, 0.15) is 22.3 Å². The van der Waals surface area contributed by atoms with Gasteiger partial charge in [-0.05, 0) is 31.0 Å². The van der Waals surface area contributed by atoms with Crippen LogP contribution in [0, 0.1) is 12.8 Å². The van der Waals surface area contributed by atoms with Gasteiger partial charge in [0, 0.05) is 31.8 Å². The number of hydrogen-bond acceptors (Lipinski definition) is 3. The predicted octanol–water partition coefficient (Wildman–Crippen LogP) is 1.80. The van der Waals surface area contributed by atoms with Crippen molar-refractivity contribution in [3.05, 3.63) is 29.3 Å². The molecular weight excluding hydrogens is 228 g/mol. The van der Waals surface area contributed by atoms with Crippen LogP contribution >= 0.6 is 0 Å². The van der Waals surface area contributed by atoms with Gasteiger partial charge in [-0.1, -0.05) is 6.07 Å². The fourth-order valence-corrected chi connectivity index (χ4v) is 2.14. The first-order valence-electron chi connectivity index (χ1n) is 6.35. The molecule has 1 atom stereocenters. The van der Waals surface area contributed by atoms with Gasteiger partial charge in [-0.2, -0.15) is 0 Å². The van der Waals surface area contributed by atoms with Gasteiger partial charge in [0.1, 0.15) is 0 Å². The summed E-state index contributed by atoms with van der Waals surface area (Å²) in [5.74, 6) is 0.434. The molecular formula is C14H20N2O2. The quantitative estimate of drug-likeness (QED) is 0.854. The highest BCUT2D eigenvalue weighted by atomic mass is 16.5. The van der Waals surface area contributed by atoms with Gasteiger partial charge in [-0.15, -0.1) is 0 Å². The molecule has 2 N–H and O–H groups in total. The van der Waals surface area contributed by atoms with Crippen molar-refractivity contribution in [1.82, 2.24) is 5.32 Å². The predicted molar refractivity (Wildman–Crippen MR) is 72.0 cm³/mol. The molecule has 2 rings (SSSR count). The summed E-state index contributed by atoms with van der Waals surface area (Å²) < 4.78 is 5.29. The van der Waals surface area contributed by atoms with Gasteiger partial charge in [0.15, 0.2) is 0 Å². The van der Waals surface area contributed by atoms with Crippen molar-refractivity contribution in [2.24, 2.45) is 5.92 Å². The van der Waals surface area contributed by atoms with Crippen molar-refractivity contribution in [1.29, 1.82) is 0 Å². The number of carbonyl (C=O) groups excluding carboxylic acids is 1. The summed E-state index contributed by atoms with van der Waals surface area (Å²) in [6.07, 6.45) is 1.03. The number of nitrogens with one attached hydrogen (secondary N) is 2.